The van der Waals surface area contributed by atoms with Gasteiger partial charge < -0.3 is 10.1 Å². The molecule has 0 atom stereocenters. The van der Waals surface area contributed by atoms with Crippen molar-refractivity contribution in [1.29, 1.82) is 0 Å². The fraction of sp³-hybridized carbons (Fsp3) is 0.333. The Labute approximate surface area is 128 Å². The van der Waals surface area contributed by atoms with Gasteiger partial charge in [-0.15, -0.1) is 0 Å². The van der Waals surface area contributed by atoms with E-state index in [9.17, 15) is 9.59 Å². The van der Waals surface area contributed by atoms with Gasteiger partial charge in [0.1, 0.15) is 5.82 Å². The largest absolute Gasteiger partial charge is 0.448 e. The Kier molecular flexibility index (Phi) is 5.24. The van der Waals surface area contributed by atoms with Crippen molar-refractivity contribution in [2.45, 2.75) is 26.7 Å². The molecule has 0 aliphatic heterocycles. The number of hydrogen-bond donors (Lipinski definition) is 1. The summed E-state index contributed by atoms with van der Waals surface area (Å²) in [5.41, 5.74) is 0.915. The average Bonchev–Trinajstić information content (AvgIpc) is 2.97. The highest BCUT2D eigenvalue weighted by molar-refractivity contribution is 6.02. The van der Waals surface area contributed by atoms with Crippen LogP contribution in [0.1, 0.15) is 35.9 Å². The molecule has 116 valence electrons. The second-order valence-electron chi connectivity index (χ2n) is 4.73. The van der Waals surface area contributed by atoms with Gasteiger partial charge in [0, 0.05) is 11.9 Å². The molecular formula is C15H18N4O3. The lowest BCUT2D eigenvalue weighted by atomic mass is 10.3. The second-order valence-corrected chi connectivity index (χ2v) is 4.73. The third-order valence-electron chi connectivity index (χ3n) is 2.86. The number of amides is 1. The van der Waals surface area contributed by atoms with E-state index in [0.717, 1.165) is 23.2 Å². The number of nitrogens with one attached hydrogen (secondary N) is 1. The Bertz CT molecular complexity index is 666. The molecule has 0 unspecified atom stereocenters. The Hall–Kier alpha value is -2.70. The van der Waals surface area contributed by atoms with Crippen molar-refractivity contribution < 1.29 is 14.3 Å². The van der Waals surface area contributed by atoms with E-state index in [4.69, 9.17) is 4.74 Å². The van der Waals surface area contributed by atoms with Crippen LogP contribution in [0, 0.1) is 6.92 Å². The normalized spacial score (nSPS) is 10.3. The van der Waals surface area contributed by atoms with Crippen molar-refractivity contribution in [3.8, 4) is 0 Å². The molecule has 1 amide bonds. The second kappa shape index (κ2) is 7.35. The smallest absolute Gasteiger partial charge is 0.434 e. The number of aromatic nitrogens is 3. The number of nitrogens with zero attached hydrogens (tertiary/aromatic N) is 3. The van der Waals surface area contributed by atoms with Gasteiger partial charge in [0.2, 0.25) is 0 Å². The summed E-state index contributed by atoms with van der Waals surface area (Å²) in [6.45, 7) is 4.17. The average molecular weight is 302 g/mol. The molecular weight excluding hydrogens is 284 g/mol. The summed E-state index contributed by atoms with van der Waals surface area (Å²) in [5, 5.41) is 6.54. The van der Waals surface area contributed by atoms with E-state index in [2.05, 4.69) is 15.4 Å². The van der Waals surface area contributed by atoms with E-state index >= 15 is 0 Å². The molecule has 22 heavy (non-hydrogen) atoms. The number of carbonyl (C=O) groups excluding carboxylic acids is 2. The van der Waals surface area contributed by atoms with Crippen LogP contribution in [0.15, 0.2) is 30.5 Å². The maximum absolute atomic E-state index is 12.0. The summed E-state index contributed by atoms with van der Waals surface area (Å²) in [4.78, 5) is 27.9. The molecule has 7 nitrogen and oxygen atoms in total. The summed E-state index contributed by atoms with van der Waals surface area (Å²) in [7, 11) is 0. The number of aryl methyl sites for hydroxylation is 1. The quantitative estimate of drug-likeness (QED) is 0.858. The maximum Gasteiger partial charge on any atom is 0.434 e. The van der Waals surface area contributed by atoms with Gasteiger partial charge in [-0.2, -0.15) is 9.78 Å². The number of ether oxygens (including phenoxy) is 1. The van der Waals surface area contributed by atoms with Crippen LogP contribution in [0.4, 0.5) is 10.6 Å². The minimum atomic E-state index is -0.596. The van der Waals surface area contributed by atoms with Crippen LogP contribution < -0.4 is 5.32 Å². The molecule has 2 aromatic heterocycles. The van der Waals surface area contributed by atoms with Crippen molar-refractivity contribution in [3.05, 3.63) is 41.9 Å². The highest BCUT2D eigenvalue weighted by atomic mass is 16.6. The van der Waals surface area contributed by atoms with Gasteiger partial charge in [-0.25, -0.2) is 9.78 Å². The summed E-state index contributed by atoms with van der Waals surface area (Å²) < 4.78 is 6.02. The highest BCUT2D eigenvalue weighted by Gasteiger charge is 2.14. The Balaban J connectivity index is 1.98. The third-order valence-corrected chi connectivity index (χ3v) is 2.86. The van der Waals surface area contributed by atoms with Crippen LogP contribution in [0.25, 0.3) is 0 Å². The van der Waals surface area contributed by atoms with Gasteiger partial charge in [0.25, 0.3) is 5.91 Å². The molecule has 1 N–H and O–H groups in total. The molecule has 0 bridgehead atoms. The molecule has 2 rings (SSSR count). The standard InChI is InChI=1S/C15H18N4O3/c1-3-4-10-22-15(21)19-9-8-12(18-19)14(20)17-13-7-5-6-11(2)16-13/h5-9H,3-4,10H2,1-2H3,(H,16,17,20). The summed E-state index contributed by atoms with van der Waals surface area (Å²) in [6.07, 6.45) is 2.52. The van der Waals surface area contributed by atoms with E-state index in [1.165, 1.54) is 12.3 Å². The molecule has 7 heteroatoms. The zero-order valence-electron chi connectivity index (χ0n) is 12.6. The minimum Gasteiger partial charge on any atom is -0.448 e. The van der Waals surface area contributed by atoms with Gasteiger partial charge in [-0.1, -0.05) is 19.4 Å². The van der Waals surface area contributed by atoms with Gasteiger partial charge in [-0.05, 0) is 31.5 Å². The van der Waals surface area contributed by atoms with E-state index in [1.807, 2.05) is 19.9 Å². The van der Waals surface area contributed by atoms with Crippen molar-refractivity contribution in [3.63, 3.8) is 0 Å². The first-order valence-corrected chi connectivity index (χ1v) is 7.08. The molecule has 0 fully saturated rings. The fourth-order valence-corrected chi connectivity index (χ4v) is 1.71. The predicted octanol–water partition coefficient (Wildman–Crippen LogP) is 2.62. The predicted molar refractivity (Wildman–Crippen MR) is 80.8 cm³/mol. The molecule has 0 saturated heterocycles. The summed E-state index contributed by atoms with van der Waals surface area (Å²) in [5.74, 6) is 0.00304. The number of rotatable bonds is 5. The first-order valence-electron chi connectivity index (χ1n) is 7.08. The van der Waals surface area contributed by atoms with E-state index in [1.54, 1.807) is 12.1 Å². The number of carbonyl (C=O) groups is 2. The van der Waals surface area contributed by atoms with Crippen LogP contribution in [0.5, 0.6) is 0 Å². The molecule has 0 aliphatic rings. The van der Waals surface area contributed by atoms with Crippen LogP contribution in [0.3, 0.4) is 0 Å². The Morgan fingerprint density at radius 3 is 2.86 bits per heavy atom. The van der Waals surface area contributed by atoms with Crippen molar-refractivity contribution in [1.82, 2.24) is 14.8 Å². The zero-order valence-corrected chi connectivity index (χ0v) is 12.6. The Morgan fingerprint density at radius 1 is 1.32 bits per heavy atom. The van der Waals surface area contributed by atoms with E-state index in [-0.39, 0.29) is 5.69 Å². The SMILES string of the molecule is CCCCOC(=O)n1ccc(C(=O)Nc2cccc(C)n2)n1. The summed E-state index contributed by atoms with van der Waals surface area (Å²) in [6, 6.07) is 6.76. The lowest BCUT2D eigenvalue weighted by Gasteiger charge is -2.03. The highest BCUT2D eigenvalue weighted by Crippen LogP contribution is 2.06. The first kappa shape index (κ1) is 15.7. The van der Waals surface area contributed by atoms with Crippen molar-refractivity contribution in [2.75, 3.05) is 11.9 Å². The number of pyridine rings is 1. The van der Waals surface area contributed by atoms with Crippen molar-refractivity contribution >= 4 is 17.8 Å². The minimum absolute atomic E-state index is 0.121. The molecule has 0 spiro atoms. The Morgan fingerprint density at radius 2 is 2.14 bits per heavy atom. The van der Waals surface area contributed by atoms with Crippen LogP contribution in [0.2, 0.25) is 0 Å². The maximum atomic E-state index is 12.0. The van der Waals surface area contributed by atoms with Gasteiger partial charge in [0.15, 0.2) is 5.69 Å². The third kappa shape index (κ3) is 4.15. The van der Waals surface area contributed by atoms with Gasteiger partial charge in [0.05, 0.1) is 6.61 Å². The number of anilines is 1. The van der Waals surface area contributed by atoms with Crippen LogP contribution in [-0.2, 0) is 4.74 Å². The van der Waals surface area contributed by atoms with Crippen LogP contribution >= 0.6 is 0 Å². The molecule has 0 saturated carbocycles. The summed E-state index contributed by atoms with van der Waals surface area (Å²) >= 11 is 0. The molecule has 2 heterocycles. The fourth-order valence-electron chi connectivity index (χ4n) is 1.71. The molecule has 0 aliphatic carbocycles. The first-order chi connectivity index (χ1) is 10.6. The molecule has 0 radical (unpaired) electrons. The lowest BCUT2D eigenvalue weighted by Crippen LogP contribution is -2.18. The van der Waals surface area contributed by atoms with Gasteiger partial charge in [-0.3, -0.25) is 4.79 Å². The molecule has 0 aromatic carbocycles. The lowest BCUT2D eigenvalue weighted by molar-refractivity contribution is 0.102. The van der Waals surface area contributed by atoms with E-state index in [0.29, 0.717) is 12.4 Å². The van der Waals surface area contributed by atoms with E-state index < -0.39 is 12.0 Å². The zero-order chi connectivity index (χ0) is 15.9. The number of unbranched alkanes of at least 4 members (excludes halogenated alkanes) is 1. The van der Waals surface area contributed by atoms with Crippen molar-refractivity contribution in [2.24, 2.45) is 0 Å². The molecule has 2 aromatic rings. The van der Waals surface area contributed by atoms with Crippen LogP contribution in [-0.4, -0.2) is 33.4 Å². The topological polar surface area (TPSA) is 86.1 Å². The van der Waals surface area contributed by atoms with Gasteiger partial charge >= 0.3 is 6.09 Å². The number of hydrogen-bond acceptors (Lipinski definition) is 5. The monoisotopic (exact) mass is 302 g/mol.